The van der Waals surface area contributed by atoms with Crippen LogP contribution in [0.15, 0.2) is 24.3 Å². The quantitative estimate of drug-likeness (QED) is 0.793. The summed E-state index contributed by atoms with van der Waals surface area (Å²) in [6.07, 6.45) is 3.97. The number of piperidine rings is 1. The summed E-state index contributed by atoms with van der Waals surface area (Å²) in [5, 5.41) is 4.70. The first kappa shape index (κ1) is 15.7. The van der Waals surface area contributed by atoms with Crippen molar-refractivity contribution in [2.75, 3.05) is 39.5 Å². The fourth-order valence-corrected chi connectivity index (χ4v) is 4.40. The van der Waals surface area contributed by atoms with Crippen molar-refractivity contribution in [2.45, 2.75) is 31.3 Å². The normalized spacial score (nSPS) is 29.0. The van der Waals surface area contributed by atoms with E-state index in [0.29, 0.717) is 0 Å². The first-order chi connectivity index (χ1) is 12.4. The minimum Gasteiger partial charge on any atom is -0.494 e. The van der Waals surface area contributed by atoms with Crippen molar-refractivity contribution in [3.05, 3.63) is 30.0 Å². The second kappa shape index (κ2) is 6.63. The highest BCUT2D eigenvalue weighted by Crippen LogP contribution is 2.44. The average Bonchev–Trinajstić information content (AvgIpc) is 3.13. The van der Waals surface area contributed by atoms with Gasteiger partial charge in [0.15, 0.2) is 0 Å². The number of rotatable bonds is 6. The molecule has 134 valence electrons. The fourth-order valence-electron chi connectivity index (χ4n) is 4.40. The third-order valence-corrected chi connectivity index (χ3v) is 5.91. The molecule has 0 bridgehead atoms. The Bertz CT molecular complexity index is 738. The van der Waals surface area contributed by atoms with Crippen LogP contribution in [0.3, 0.4) is 0 Å². The van der Waals surface area contributed by atoms with Gasteiger partial charge in [-0.2, -0.15) is 0 Å². The summed E-state index contributed by atoms with van der Waals surface area (Å²) < 4.78 is 11.6. The van der Waals surface area contributed by atoms with E-state index in [4.69, 9.17) is 9.47 Å². The Hall–Kier alpha value is -1.56. The predicted molar refractivity (Wildman–Crippen MR) is 98.1 cm³/mol. The Morgan fingerprint density at radius 1 is 1.28 bits per heavy atom. The lowest BCUT2D eigenvalue weighted by Gasteiger charge is -2.22. The molecule has 3 unspecified atom stereocenters. The minimum atomic E-state index is 0.261. The highest BCUT2D eigenvalue weighted by Gasteiger charge is 2.46. The van der Waals surface area contributed by atoms with Gasteiger partial charge in [0, 0.05) is 35.7 Å². The highest BCUT2D eigenvalue weighted by molar-refractivity contribution is 5.82. The van der Waals surface area contributed by atoms with Gasteiger partial charge in [-0.15, -0.1) is 0 Å². The van der Waals surface area contributed by atoms with Crippen LogP contribution >= 0.6 is 0 Å². The van der Waals surface area contributed by atoms with E-state index in [1.807, 2.05) is 0 Å². The number of morpholine rings is 1. The molecule has 25 heavy (non-hydrogen) atoms. The molecule has 3 fully saturated rings. The van der Waals surface area contributed by atoms with Gasteiger partial charge in [0.1, 0.15) is 5.75 Å². The zero-order chi connectivity index (χ0) is 16.6. The maximum absolute atomic E-state index is 6.00. The second-order valence-corrected chi connectivity index (χ2v) is 7.65. The molecule has 2 aromatic rings. The zero-order valence-corrected chi connectivity index (χ0v) is 14.7. The molecule has 3 atom stereocenters. The summed E-state index contributed by atoms with van der Waals surface area (Å²) in [5.74, 6) is 1.99. The predicted octanol–water partition coefficient (Wildman–Crippen LogP) is 2.69. The Kier molecular flexibility index (Phi) is 4.16. The number of likely N-dealkylation sites (tertiary alicyclic amines) is 1. The van der Waals surface area contributed by atoms with Crippen molar-refractivity contribution < 1.29 is 9.47 Å². The molecule has 0 radical (unpaired) electrons. The zero-order valence-electron chi connectivity index (χ0n) is 14.7. The summed E-state index contributed by atoms with van der Waals surface area (Å²) in [6.45, 7) is 5.72. The molecule has 3 heterocycles. The van der Waals surface area contributed by atoms with Gasteiger partial charge < -0.3 is 19.8 Å². The smallest absolute Gasteiger partial charge is 0.120 e. The lowest BCUT2D eigenvalue weighted by molar-refractivity contribution is 0.0758. The number of hydrogen-bond donors (Lipinski definition) is 2. The number of H-pyrrole nitrogens is 1. The van der Waals surface area contributed by atoms with E-state index in [0.717, 1.165) is 56.0 Å². The van der Waals surface area contributed by atoms with Crippen LogP contribution in [0.25, 0.3) is 10.9 Å². The molecule has 3 aliphatic rings. The SMILES string of the molecule is c1cc2[nH]c(C3COCCN3)cc2cc1OCCCN1CCC2CC21. The average molecular weight is 341 g/mol. The number of ether oxygens (including phenoxy) is 2. The highest BCUT2D eigenvalue weighted by atomic mass is 16.5. The van der Waals surface area contributed by atoms with Gasteiger partial charge in [-0.1, -0.05) is 0 Å². The summed E-state index contributed by atoms with van der Waals surface area (Å²) in [6, 6.07) is 9.72. The van der Waals surface area contributed by atoms with Gasteiger partial charge in [0.2, 0.25) is 0 Å². The number of aromatic amines is 1. The lowest BCUT2D eigenvalue weighted by Crippen LogP contribution is -2.34. The van der Waals surface area contributed by atoms with Crippen LogP contribution in [-0.2, 0) is 4.74 Å². The maximum Gasteiger partial charge on any atom is 0.120 e. The first-order valence-electron chi connectivity index (χ1n) is 9.67. The fraction of sp³-hybridized carbons (Fsp3) is 0.600. The van der Waals surface area contributed by atoms with Gasteiger partial charge in [-0.3, -0.25) is 4.90 Å². The summed E-state index contributed by atoms with van der Waals surface area (Å²) in [5.41, 5.74) is 2.35. The molecular formula is C20H27N3O2. The number of nitrogens with one attached hydrogen (secondary N) is 2. The van der Waals surface area contributed by atoms with Gasteiger partial charge >= 0.3 is 0 Å². The molecule has 2 N–H and O–H groups in total. The standard InChI is InChI=1S/C20H27N3O2/c1(6-23-7-4-14-12-20(14)23)8-25-16-2-3-17-15(10-16)11-18(22-17)19-13-24-9-5-21-19/h2-3,10-11,14,19-22H,1,4-9,12-13H2. The van der Waals surface area contributed by atoms with Crippen molar-refractivity contribution in [3.8, 4) is 5.75 Å². The minimum absolute atomic E-state index is 0.261. The summed E-state index contributed by atoms with van der Waals surface area (Å²) in [4.78, 5) is 6.15. The van der Waals surface area contributed by atoms with Crippen LogP contribution in [0, 0.1) is 5.92 Å². The maximum atomic E-state index is 6.00. The molecule has 5 rings (SSSR count). The van der Waals surface area contributed by atoms with Crippen LogP contribution in [0.2, 0.25) is 0 Å². The number of benzene rings is 1. The molecule has 5 nitrogen and oxygen atoms in total. The molecule has 1 aromatic carbocycles. The van der Waals surface area contributed by atoms with Crippen molar-refractivity contribution in [1.29, 1.82) is 0 Å². The molecule has 1 saturated carbocycles. The number of fused-ring (bicyclic) bond motifs is 2. The second-order valence-electron chi connectivity index (χ2n) is 7.65. The molecule has 2 aliphatic heterocycles. The molecule has 5 heteroatoms. The van der Waals surface area contributed by atoms with E-state index >= 15 is 0 Å². The molecule has 0 amide bonds. The topological polar surface area (TPSA) is 49.5 Å². The molecule has 1 aromatic heterocycles. The van der Waals surface area contributed by atoms with Gasteiger partial charge in [0.25, 0.3) is 0 Å². The monoisotopic (exact) mass is 341 g/mol. The molecule has 2 saturated heterocycles. The van der Waals surface area contributed by atoms with Crippen molar-refractivity contribution in [3.63, 3.8) is 0 Å². The number of aromatic nitrogens is 1. The van der Waals surface area contributed by atoms with Crippen molar-refractivity contribution >= 4 is 10.9 Å². The number of hydrogen-bond acceptors (Lipinski definition) is 4. The first-order valence-corrected chi connectivity index (χ1v) is 9.67. The summed E-state index contributed by atoms with van der Waals surface area (Å²) in [7, 11) is 0. The van der Waals surface area contributed by atoms with E-state index < -0.39 is 0 Å². The van der Waals surface area contributed by atoms with E-state index in [9.17, 15) is 0 Å². The van der Waals surface area contributed by atoms with Crippen LogP contribution in [0.1, 0.15) is 31.0 Å². The number of nitrogens with zero attached hydrogens (tertiary/aromatic N) is 1. The Balaban J connectivity index is 1.17. The third kappa shape index (κ3) is 3.28. The Morgan fingerprint density at radius 3 is 3.08 bits per heavy atom. The molecule has 1 aliphatic carbocycles. The van der Waals surface area contributed by atoms with Crippen LogP contribution in [0.5, 0.6) is 5.75 Å². The van der Waals surface area contributed by atoms with Gasteiger partial charge in [0.05, 0.1) is 25.9 Å². The van der Waals surface area contributed by atoms with E-state index in [1.165, 1.54) is 37.0 Å². The van der Waals surface area contributed by atoms with E-state index in [1.54, 1.807) is 0 Å². The van der Waals surface area contributed by atoms with Crippen molar-refractivity contribution in [1.82, 2.24) is 15.2 Å². The van der Waals surface area contributed by atoms with Crippen molar-refractivity contribution in [2.24, 2.45) is 5.92 Å². The van der Waals surface area contributed by atoms with Crippen LogP contribution in [-0.4, -0.2) is 55.4 Å². The Labute approximate surface area is 148 Å². The van der Waals surface area contributed by atoms with E-state index in [2.05, 4.69) is 39.5 Å². The third-order valence-electron chi connectivity index (χ3n) is 5.91. The van der Waals surface area contributed by atoms with Crippen LogP contribution in [0.4, 0.5) is 0 Å². The van der Waals surface area contributed by atoms with E-state index in [-0.39, 0.29) is 6.04 Å². The van der Waals surface area contributed by atoms with Gasteiger partial charge in [-0.25, -0.2) is 0 Å². The van der Waals surface area contributed by atoms with Gasteiger partial charge in [-0.05, 0) is 56.0 Å². The molecule has 0 spiro atoms. The summed E-state index contributed by atoms with van der Waals surface area (Å²) >= 11 is 0. The molecular weight excluding hydrogens is 314 g/mol. The lowest BCUT2D eigenvalue weighted by atomic mass is 10.2. The largest absolute Gasteiger partial charge is 0.494 e. The Morgan fingerprint density at radius 2 is 2.28 bits per heavy atom. The van der Waals surface area contributed by atoms with Crippen LogP contribution < -0.4 is 10.1 Å².